The lowest BCUT2D eigenvalue weighted by molar-refractivity contribution is 0.590. The van der Waals surface area contributed by atoms with Crippen LogP contribution in [0.1, 0.15) is 18.9 Å². The zero-order chi connectivity index (χ0) is 16.9. The summed E-state index contributed by atoms with van der Waals surface area (Å²) in [6.07, 6.45) is 6.32. The first kappa shape index (κ1) is 17.6. The predicted octanol–water partition coefficient (Wildman–Crippen LogP) is 1.78. The van der Waals surface area contributed by atoms with Gasteiger partial charge >= 0.3 is 0 Å². The highest BCUT2D eigenvalue weighted by Crippen LogP contribution is 2.15. The highest BCUT2D eigenvalue weighted by atomic mass is 35.5. The third kappa shape index (κ3) is 5.11. The highest BCUT2D eigenvalue weighted by molar-refractivity contribution is 7.90. The van der Waals surface area contributed by atoms with Crippen molar-refractivity contribution in [2.24, 2.45) is 0 Å². The lowest BCUT2D eigenvalue weighted by Crippen LogP contribution is -2.27. The fraction of sp³-hybridized carbons (Fsp3) is 0.429. The molecule has 7 nitrogen and oxygen atoms in total. The molecule has 2 aromatic rings. The Morgan fingerprint density at radius 3 is 2.48 bits per heavy atom. The van der Waals surface area contributed by atoms with Crippen molar-refractivity contribution in [2.75, 3.05) is 24.2 Å². The monoisotopic (exact) mass is 355 g/mol. The minimum atomic E-state index is -3.53. The van der Waals surface area contributed by atoms with Crippen LogP contribution >= 0.6 is 11.6 Å². The topological polar surface area (TPSA) is 88.9 Å². The van der Waals surface area contributed by atoms with Crippen LogP contribution in [0.2, 0.25) is 5.28 Å². The number of pyridine rings is 1. The zero-order valence-electron chi connectivity index (χ0n) is 13.0. The molecule has 0 amide bonds. The largest absolute Gasteiger partial charge is 0.341 e. The Morgan fingerprint density at radius 2 is 1.87 bits per heavy atom. The molecule has 0 saturated carbocycles. The van der Waals surface area contributed by atoms with Gasteiger partial charge in [0.15, 0.2) is 0 Å². The molecular weight excluding hydrogens is 338 g/mol. The third-order valence-electron chi connectivity index (χ3n) is 3.21. The molecule has 0 N–H and O–H groups in total. The van der Waals surface area contributed by atoms with Crippen LogP contribution in [-0.4, -0.2) is 47.7 Å². The first-order chi connectivity index (χ1) is 10.9. The van der Waals surface area contributed by atoms with Crippen LogP contribution in [0.4, 0.5) is 5.95 Å². The summed E-state index contributed by atoms with van der Waals surface area (Å²) in [7, 11) is -3.53. The van der Waals surface area contributed by atoms with Gasteiger partial charge in [0, 0.05) is 31.7 Å². The van der Waals surface area contributed by atoms with Crippen molar-refractivity contribution in [1.82, 2.24) is 19.9 Å². The Balaban J connectivity index is 2.10. The Kier molecular flexibility index (Phi) is 5.84. The number of aromatic nitrogens is 4. The Morgan fingerprint density at radius 1 is 1.17 bits per heavy atom. The number of sulfone groups is 1. The molecule has 0 saturated heterocycles. The van der Waals surface area contributed by atoms with Gasteiger partial charge in [-0.2, -0.15) is 15.0 Å². The molecule has 0 aliphatic carbocycles. The van der Waals surface area contributed by atoms with Crippen LogP contribution in [0.5, 0.6) is 0 Å². The van der Waals surface area contributed by atoms with E-state index < -0.39 is 9.84 Å². The van der Waals surface area contributed by atoms with Crippen molar-refractivity contribution in [3.8, 4) is 0 Å². The maximum atomic E-state index is 11.6. The van der Waals surface area contributed by atoms with Crippen LogP contribution in [0.3, 0.4) is 0 Å². The normalized spacial score (nSPS) is 11.4. The van der Waals surface area contributed by atoms with Gasteiger partial charge in [0.2, 0.25) is 21.1 Å². The van der Waals surface area contributed by atoms with E-state index in [9.17, 15) is 8.42 Å². The van der Waals surface area contributed by atoms with E-state index in [0.717, 1.165) is 19.1 Å². The molecule has 2 heterocycles. The average molecular weight is 356 g/mol. The lowest BCUT2D eigenvalue weighted by Gasteiger charge is -2.20. The standard InChI is InChI=1S/C14H18ClN5O2S/c1-3-20(10-4-5-11-6-8-16-9-7-11)13-17-12(15)18-14(19-13)23(2,21)22/h6-9H,3-5,10H2,1-2H3. The summed E-state index contributed by atoms with van der Waals surface area (Å²) >= 11 is 5.83. The SMILES string of the molecule is CCN(CCCc1ccncc1)c1nc(Cl)nc(S(C)(=O)=O)n1. The lowest BCUT2D eigenvalue weighted by atomic mass is 10.1. The highest BCUT2D eigenvalue weighted by Gasteiger charge is 2.17. The van der Waals surface area contributed by atoms with Crippen molar-refractivity contribution in [1.29, 1.82) is 0 Å². The molecule has 0 aromatic carbocycles. The van der Waals surface area contributed by atoms with Gasteiger partial charge in [-0.15, -0.1) is 0 Å². The van der Waals surface area contributed by atoms with Crippen LogP contribution in [0.25, 0.3) is 0 Å². The van der Waals surface area contributed by atoms with Crippen LogP contribution in [0, 0.1) is 0 Å². The summed E-state index contributed by atoms with van der Waals surface area (Å²) in [5, 5.41) is -0.428. The van der Waals surface area contributed by atoms with Crippen LogP contribution in [0.15, 0.2) is 29.7 Å². The van der Waals surface area contributed by atoms with Crippen molar-refractivity contribution in [3.63, 3.8) is 0 Å². The molecule has 2 aromatic heterocycles. The molecule has 0 bridgehead atoms. The number of aryl methyl sites for hydroxylation is 1. The maximum Gasteiger partial charge on any atom is 0.252 e. The molecule has 0 radical (unpaired) electrons. The molecular formula is C14H18ClN5O2S. The Hall–Kier alpha value is -1.80. The first-order valence-corrected chi connectivity index (χ1v) is 9.42. The van der Waals surface area contributed by atoms with Gasteiger partial charge < -0.3 is 4.90 Å². The van der Waals surface area contributed by atoms with E-state index in [1.807, 2.05) is 24.0 Å². The third-order valence-corrected chi connectivity index (χ3v) is 4.23. The molecule has 23 heavy (non-hydrogen) atoms. The maximum absolute atomic E-state index is 11.6. The zero-order valence-corrected chi connectivity index (χ0v) is 14.5. The predicted molar refractivity (Wildman–Crippen MR) is 88.4 cm³/mol. The van der Waals surface area contributed by atoms with Crippen LogP contribution in [-0.2, 0) is 16.3 Å². The van der Waals surface area contributed by atoms with E-state index in [4.69, 9.17) is 11.6 Å². The second-order valence-electron chi connectivity index (χ2n) is 5.00. The minimum absolute atomic E-state index is 0.122. The number of hydrogen-bond acceptors (Lipinski definition) is 7. The van der Waals surface area contributed by atoms with E-state index in [1.165, 1.54) is 5.56 Å². The molecule has 2 rings (SSSR count). The van der Waals surface area contributed by atoms with Crippen molar-refractivity contribution >= 4 is 27.4 Å². The minimum Gasteiger partial charge on any atom is -0.341 e. The Labute approximate surface area is 140 Å². The van der Waals surface area contributed by atoms with E-state index in [1.54, 1.807) is 12.4 Å². The van der Waals surface area contributed by atoms with E-state index in [0.29, 0.717) is 13.1 Å². The van der Waals surface area contributed by atoms with E-state index in [2.05, 4.69) is 19.9 Å². The summed E-state index contributed by atoms with van der Waals surface area (Å²) < 4.78 is 23.2. The summed E-state index contributed by atoms with van der Waals surface area (Å²) in [6.45, 7) is 3.27. The van der Waals surface area contributed by atoms with Gasteiger partial charge in [-0.05, 0) is 49.1 Å². The second kappa shape index (κ2) is 7.65. The number of anilines is 1. The summed E-state index contributed by atoms with van der Waals surface area (Å²) in [6, 6.07) is 3.94. The molecule has 0 aliphatic heterocycles. The second-order valence-corrected chi connectivity index (χ2v) is 7.25. The summed E-state index contributed by atoms with van der Waals surface area (Å²) in [5.41, 5.74) is 1.20. The van der Waals surface area contributed by atoms with Gasteiger partial charge in [-0.3, -0.25) is 4.98 Å². The molecule has 0 atom stereocenters. The fourth-order valence-electron chi connectivity index (χ4n) is 2.05. The number of hydrogen-bond donors (Lipinski definition) is 0. The molecule has 0 aliphatic rings. The molecule has 0 fully saturated rings. The molecule has 9 heteroatoms. The first-order valence-electron chi connectivity index (χ1n) is 7.15. The van der Waals surface area contributed by atoms with Gasteiger partial charge in [-0.25, -0.2) is 8.42 Å². The van der Waals surface area contributed by atoms with E-state index in [-0.39, 0.29) is 16.4 Å². The average Bonchev–Trinajstić information content (AvgIpc) is 2.51. The van der Waals surface area contributed by atoms with Crippen molar-refractivity contribution < 1.29 is 8.42 Å². The van der Waals surface area contributed by atoms with Gasteiger partial charge in [0.25, 0.3) is 5.16 Å². The van der Waals surface area contributed by atoms with Gasteiger partial charge in [0.1, 0.15) is 0 Å². The molecule has 0 spiro atoms. The van der Waals surface area contributed by atoms with E-state index >= 15 is 0 Å². The quantitative estimate of drug-likeness (QED) is 0.747. The number of halogens is 1. The van der Waals surface area contributed by atoms with Gasteiger partial charge in [-0.1, -0.05) is 0 Å². The summed E-state index contributed by atoms with van der Waals surface area (Å²) in [5.74, 6) is 0.280. The van der Waals surface area contributed by atoms with Crippen LogP contribution < -0.4 is 4.90 Å². The van der Waals surface area contributed by atoms with Crippen molar-refractivity contribution in [2.45, 2.75) is 24.9 Å². The smallest absolute Gasteiger partial charge is 0.252 e. The fourth-order valence-corrected chi connectivity index (χ4v) is 2.76. The van der Waals surface area contributed by atoms with Crippen molar-refractivity contribution in [3.05, 3.63) is 35.4 Å². The number of nitrogens with zero attached hydrogens (tertiary/aromatic N) is 5. The van der Waals surface area contributed by atoms with Gasteiger partial charge in [0.05, 0.1) is 0 Å². The molecule has 0 unspecified atom stereocenters. The number of rotatable bonds is 7. The Bertz CT molecular complexity index is 755. The molecule has 124 valence electrons. The summed E-state index contributed by atoms with van der Waals surface area (Å²) in [4.78, 5) is 17.6.